The van der Waals surface area contributed by atoms with Gasteiger partial charge in [-0.25, -0.2) is 0 Å². The van der Waals surface area contributed by atoms with Crippen LogP contribution in [0.2, 0.25) is 0 Å². The zero-order chi connectivity index (χ0) is 18.4. The topological polar surface area (TPSA) is 91.9 Å². The molecule has 2 rings (SSSR count). The number of Topliss-reactive ketones (excluding diaryl/α,β-unsaturated/α-hetero) is 1. The van der Waals surface area contributed by atoms with Gasteiger partial charge in [0.1, 0.15) is 29.4 Å². The fourth-order valence-corrected chi connectivity index (χ4v) is 2.16. The van der Waals surface area contributed by atoms with Crippen molar-refractivity contribution in [2.75, 3.05) is 33.9 Å². The lowest BCUT2D eigenvalue weighted by atomic mass is 10.1. The monoisotopic (exact) mass is 346 g/mol. The van der Waals surface area contributed by atoms with Crippen LogP contribution >= 0.6 is 0 Å². The number of carbonyl (C=O) groups is 1. The smallest absolute Gasteiger partial charge is 0.262 e. The standard InChI is InChI=1S/C18H22N2O5/c1-12-9-15(21)17(18(23)19-12)16(22)11-25-14-6-4-5-13(10-14)24-8-7-20(2)3/h4-6,9-10H,7-8,11H2,1-3H3,(H2,19,21,23). The third kappa shape index (κ3) is 5.36. The summed E-state index contributed by atoms with van der Waals surface area (Å²) in [6, 6.07) is 8.23. The first-order chi connectivity index (χ1) is 11.9. The van der Waals surface area contributed by atoms with Gasteiger partial charge in [-0.1, -0.05) is 6.07 Å². The van der Waals surface area contributed by atoms with E-state index in [0.717, 1.165) is 6.54 Å². The van der Waals surface area contributed by atoms with E-state index in [-0.39, 0.29) is 17.9 Å². The van der Waals surface area contributed by atoms with Gasteiger partial charge in [0.2, 0.25) is 5.78 Å². The number of aromatic hydroxyl groups is 1. The van der Waals surface area contributed by atoms with Crippen LogP contribution in [0.4, 0.5) is 0 Å². The summed E-state index contributed by atoms with van der Waals surface area (Å²) >= 11 is 0. The molecule has 0 spiro atoms. The highest BCUT2D eigenvalue weighted by Gasteiger charge is 2.17. The Bertz CT molecular complexity index is 798. The van der Waals surface area contributed by atoms with Gasteiger partial charge < -0.3 is 24.5 Å². The molecule has 134 valence electrons. The van der Waals surface area contributed by atoms with Crippen LogP contribution in [0.15, 0.2) is 35.1 Å². The van der Waals surface area contributed by atoms with Crippen molar-refractivity contribution in [3.63, 3.8) is 0 Å². The van der Waals surface area contributed by atoms with E-state index in [2.05, 4.69) is 4.98 Å². The van der Waals surface area contributed by atoms with E-state index in [4.69, 9.17) is 9.47 Å². The maximum atomic E-state index is 12.2. The van der Waals surface area contributed by atoms with Gasteiger partial charge in [-0.3, -0.25) is 9.59 Å². The molecular weight excluding hydrogens is 324 g/mol. The van der Waals surface area contributed by atoms with Gasteiger partial charge in [-0.15, -0.1) is 0 Å². The van der Waals surface area contributed by atoms with Crippen molar-refractivity contribution in [3.8, 4) is 17.2 Å². The molecule has 2 N–H and O–H groups in total. The molecule has 0 radical (unpaired) electrons. The highest BCUT2D eigenvalue weighted by atomic mass is 16.5. The molecule has 0 aliphatic heterocycles. The molecular formula is C18H22N2O5. The van der Waals surface area contributed by atoms with Gasteiger partial charge in [0.05, 0.1) is 0 Å². The number of hydrogen-bond donors (Lipinski definition) is 2. The van der Waals surface area contributed by atoms with Crippen LogP contribution in [0, 0.1) is 6.92 Å². The zero-order valence-electron chi connectivity index (χ0n) is 14.5. The lowest BCUT2D eigenvalue weighted by Gasteiger charge is -2.12. The van der Waals surface area contributed by atoms with Gasteiger partial charge in [-0.2, -0.15) is 0 Å². The highest BCUT2D eigenvalue weighted by molar-refractivity contribution is 5.99. The molecule has 1 aromatic heterocycles. The number of benzene rings is 1. The highest BCUT2D eigenvalue weighted by Crippen LogP contribution is 2.20. The number of ether oxygens (including phenoxy) is 2. The van der Waals surface area contributed by atoms with E-state index in [1.54, 1.807) is 31.2 Å². The van der Waals surface area contributed by atoms with E-state index in [1.807, 2.05) is 19.0 Å². The molecule has 7 nitrogen and oxygen atoms in total. The Morgan fingerprint density at radius 1 is 1.20 bits per heavy atom. The van der Waals surface area contributed by atoms with Crippen molar-refractivity contribution in [1.82, 2.24) is 9.88 Å². The number of aromatic nitrogens is 1. The summed E-state index contributed by atoms with van der Waals surface area (Å²) in [6.07, 6.45) is 0. The van der Waals surface area contributed by atoms with Crippen LogP contribution in [0.3, 0.4) is 0 Å². The first-order valence-corrected chi connectivity index (χ1v) is 7.83. The average Bonchev–Trinajstić information content (AvgIpc) is 2.52. The lowest BCUT2D eigenvalue weighted by Crippen LogP contribution is -2.23. The fourth-order valence-electron chi connectivity index (χ4n) is 2.16. The lowest BCUT2D eigenvalue weighted by molar-refractivity contribution is 0.0916. The minimum absolute atomic E-state index is 0.302. The van der Waals surface area contributed by atoms with E-state index < -0.39 is 11.3 Å². The molecule has 0 aliphatic carbocycles. The molecule has 25 heavy (non-hydrogen) atoms. The van der Waals surface area contributed by atoms with Crippen LogP contribution in [-0.2, 0) is 0 Å². The molecule has 7 heteroatoms. The van der Waals surface area contributed by atoms with E-state index in [9.17, 15) is 14.7 Å². The predicted octanol–water partition coefficient (Wildman–Crippen LogP) is 1.59. The number of aryl methyl sites for hydroxylation is 1. The van der Waals surface area contributed by atoms with E-state index >= 15 is 0 Å². The molecule has 2 aromatic rings. The number of pyridine rings is 1. The van der Waals surface area contributed by atoms with Crippen molar-refractivity contribution in [3.05, 3.63) is 51.9 Å². The second-order valence-corrected chi connectivity index (χ2v) is 5.88. The molecule has 1 heterocycles. The fraction of sp³-hybridized carbons (Fsp3) is 0.333. The number of nitrogens with zero attached hydrogens (tertiary/aromatic N) is 1. The maximum absolute atomic E-state index is 12.2. The number of hydrogen-bond acceptors (Lipinski definition) is 6. The summed E-state index contributed by atoms with van der Waals surface area (Å²) in [6.45, 7) is 2.57. The van der Waals surface area contributed by atoms with Gasteiger partial charge in [-0.05, 0) is 39.2 Å². The van der Waals surface area contributed by atoms with E-state index in [0.29, 0.717) is 23.8 Å². The average molecular weight is 346 g/mol. The van der Waals surface area contributed by atoms with E-state index in [1.165, 1.54) is 6.07 Å². The normalized spacial score (nSPS) is 10.7. The molecule has 0 aliphatic rings. The second kappa shape index (κ2) is 8.34. The summed E-state index contributed by atoms with van der Waals surface area (Å²) in [5.41, 5.74) is -0.460. The first-order valence-electron chi connectivity index (χ1n) is 7.83. The third-order valence-electron chi connectivity index (χ3n) is 3.41. The molecule has 0 bridgehead atoms. The summed E-state index contributed by atoms with van der Waals surface area (Å²) in [5, 5.41) is 9.81. The molecule has 0 saturated carbocycles. The Morgan fingerprint density at radius 2 is 1.88 bits per heavy atom. The van der Waals surface area contributed by atoms with Crippen LogP contribution < -0.4 is 15.0 Å². The summed E-state index contributed by atoms with van der Waals surface area (Å²) in [7, 11) is 3.91. The molecule has 0 atom stereocenters. The Kier molecular flexibility index (Phi) is 6.19. The van der Waals surface area contributed by atoms with Crippen molar-refractivity contribution >= 4 is 5.78 Å². The Labute approximate surface area is 145 Å². The second-order valence-electron chi connectivity index (χ2n) is 5.88. The summed E-state index contributed by atoms with van der Waals surface area (Å²) in [5.74, 6) is 0.120. The van der Waals surface area contributed by atoms with Gasteiger partial charge in [0.15, 0.2) is 6.61 Å². The maximum Gasteiger partial charge on any atom is 0.262 e. The van der Waals surface area contributed by atoms with Crippen LogP contribution in [0.25, 0.3) is 0 Å². The van der Waals surface area contributed by atoms with Gasteiger partial charge in [0, 0.05) is 18.3 Å². The molecule has 0 amide bonds. The Hall–Kier alpha value is -2.80. The number of aromatic amines is 1. The predicted molar refractivity (Wildman–Crippen MR) is 93.8 cm³/mol. The van der Waals surface area contributed by atoms with Crippen molar-refractivity contribution < 1.29 is 19.4 Å². The largest absolute Gasteiger partial charge is 0.507 e. The number of nitrogens with one attached hydrogen (secondary N) is 1. The van der Waals surface area contributed by atoms with Crippen molar-refractivity contribution in [1.29, 1.82) is 0 Å². The van der Waals surface area contributed by atoms with Crippen LogP contribution in [0.5, 0.6) is 17.2 Å². The molecule has 0 saturated heterocycles. The zero-order valence-corrected chi connectivity index (χ0v) is 14.5. The Balaban J connectivity index is 1.99. The van der Waals surface area contributed by atoms with Crippen LogP contribution in [-0.4, -0.2) is 54.6 Å². The van der Waals surface area contributed by atoms with Crippen molar-refractivity contribution in [2.45, 2.75) is 6.92 Å². The first kappa shape index (κ1) is 18.5. The minimum Gasteiger partial charge on any atom is -0.507 e. The number of carbonyl (C=O) groups excluding carboxylic acids is 1. The SMILES string of the molecule is Cc1cc(O)c(C(=O)COc2cccc(OCCN(C)C)c2)c(=O)[nH]1. The summed E-state index contributed by atoms with van der Waals surface area (Å²) in [4.78, 5) is 28.5. The number of H-pyrrole nitrogens is 1. The molecule has 0 unspecified atom stereocenters. The minimum atomic E-state index is -0.633. The van der Waals surface area contributed by atoms with Crippen LogP contribution in [0.1, 0.15) is 16.1 Å². The quantitative estimate of drug-likeness (QED) is 0.705. The van der Waals surface area contributed by atoms with Gasteiger partial charge in [0.25, 0.3) is 5.56 Å². The van der Waals surface area contributed by atoms with Gasteiger partial charge >= 0.3 is 0 Å². The summed E-state index contributed by atoms with van der Waals surface area (Å²) < 4.78 is 11.0. The number of rotatable bonds is 8. The van der Waals surface area contributed by atoms with Crippen molar-refractivity contribution in [2.24, 2.45) is 0 Å². The number of ketones is 1. The molecule has 1 aromatic carbocycles. The third-order valence-corrected chi connectivity index (χ3v) is 3.41. The Morgan fingerprint density at radius 3 is 2.52 bits per heavy atom. The number of likely N-dealkylation sites (N-methyl/N-ethyl adjacent to an activating group) is 1. The molecule has 0 fully saturated rings.